The highest BCUT2D eigenvalue weighted by Gasteiger charge is 2.18. The molecule has 0 aliphatic heterocycles. The Hall–Kier alpha value is -3.67. The number of hydrogen-bond acceptors (Lipinski definition) is 4. The smallest absolute Gasteiger partial charge is 0.227 e. The van der Waals surface area contributed by atoms with Crippen molar-refractivity contribution in [3.8, 4) is 11.5 Å². The Labute approximate surface area is 182 Å². The number of amides is 1. The van der Waals surface area contributed by atoms with E-state index in [0.717, 1.165) is 39.7 Å². The van der Waals surface area contributed by atoms with Crippen molar-refractivity contribution in [1.82, 2.24) is 14.6 Å². The van der Waals surface area contributed by atoms with Gasteiger partial charge in [-0.2, -0.15) is 5.10 Å². The Kier molecular flexibility index (Phi) is 5.71. The van der Waals surface area contributed by atoms with Crippen LogP contribution in [0.15, 0.2) is 60.7 Å². The Morgan fingerprint density at radius 2 is 1.74 bits per heavy atom. The van der Waals surface area contributed by atoms with Crippen molar-refractivity contribution >= 4 is 17.2 Å². The summed E-state index contributed by atoms with van der Waals surface area (Å²) in [6.07, 6.45) is 0.968. The predicted octanol–water partition coefficient (Wildman–Crippen LogP) is 5.04. The van der Waals surface area contributed by atoms with Crippen LogP contribution in [0, 0.1) is 20.8 Å². The van der Waals surface area contributed by atoms with Crippen LogP contribution in [0.3, 0.4) is 0 Å². The van der Waals surface area contributed by atoms with Crippen LogP contribution in [-0.2, 0) is 11.2 Å². The monoisotopic (exact) mass is 414 g/mol. The third-order valence-corrected chi connectivity index (χ3v) is 5.45. The fourth-order valence-electron chi connectivity index (χ4n) is 3.77. The second-order valence-electron chi connectivity index (χ2n) is 7.65. The Balaban J connectivity index is 1.52. The maximum Gasteiger partial charge on any atom is 0.227 e. The molecule has 0 bridgehead atoms. The van der Waals surface area contributed by atoms with Crippen LogP contribution < -0.4 is 9.64 Å². The van der Waals surface area contributed by atoms with Crippen LogP contribution in [0.1, 0.15) is 29.1 Å². The Morgan fingerprint density at radius 3 is 2.52 bits per heavy atom. The largest absolute Gasteiger partial charge is 0.455 e. The molecule has 0 saturated heterocycles. The molecule has 2 heterocycles. The molecule has 0 unspecified atom stereocenters. The highest BCUT2D eigenvalue weighted by atomic mass is 16.5. The van der Waals surface area contributed by atoms with E-state index in [4.69, 9.17) is 4.74 Å². The normalized spacial score (nSPS) is 11.0. The van der Waals surface area contributed by atoms with Gasteiger partial charge in [0.1, 0.15) is 5.75 Å². The SMILES string of the molecule is Cc1cc2nc(C)c(CCC(=O)N(C)c3ccccc3Oc3ccccc3)c(C)n2n1. The molecule has 6 nitrogen and oxygen atoms in total. The number of ether oxygens (including phenoxy) is 1. The lowest BCUT2D eigenvalue weighted by molar-refractivity contribution is -0.118. The number of carbonyl (C=O) groups is 1. The molecule has 0 fully saturated rings. The average molecular weight is 415 g/mol. The van der Waals surface area contributed by atoms with Gasteiger partial charge in [0.05, 0.1) is 11.4 Å². The lowest BCUT2D eigenvalue weighted by Crippen LogP contribution is -2.27. The average Bonchev–Trinajstić information content (AvgIpc) is 3.14. The summed E-state index contributed by atoms with van der Waals surface area (Å²) in [6, 6.07) is 19.1. The van der Waals surface area contributed by atoms with E-state index in [1.807, 2.05) is 86.0 Å². The lowest BCUT2D eigenvalue weighted by Gasteiger charge is -2.21. The topological polar surface area (TPSA) is 59.7 Å². The van der Waals surface area contributed by atoms with E-state index >= 15 is 0 Å². The Morgan fingerprint density at radius 1 is 1.03 bits per heavy atom. The Bertz CT molecular complexity index is 1230. The number of anilines is 1. The number of aromatic nitrogens is 3. The number of benzene rings is 2. The molecule has 0 aliphatic carbocycles. The highest BCUT2D eigenvalue weighted by Crippen LogP contribution is 2.32. The number of para-hydroxylation sites is 3. The number of hydrogen-bond donors (Lipinski definition) is 0. The van der Waals surface area contributed by atoms with E-state index in [1.165, 1.54) is 0 Å². The quantitative estimate of drug-likeness (QED) is 0.443. The van der Waals surface area contributed by atoms with E-state index in [2.05, 4.69) is 10.1 Å². The van der Waals surface area contributed by atoms with Crippen LogP contribution in [0.25, 0.3) is 5.65 Å². The third-order valence-electron chi connectivity index (χ3n) is 5.45. The van der Waals surface area contributed by atoms with Crippen LogP contribution in [0.5, 0.6) is 11.5 Å². The maximum atomic E-state index is 13.0. The van der Waals surface area contributed by atoms with Gasteiger partial charge in [-0.25, -0.2) is 9.50 Å². The number of carbonyl (C=O) groups excluding carboxylic acids is 1. The van der Waals surface area contributed by atoms with Crippen LogP contribution in [0.4, 0.5) is 5.69 Å². The minimum atomic E-state index is 0.0136. The van der Waals surface area contributed by atoms with Gasteiger partial charge in [-0.15, -0.1) is 0 Å². The fraction of sp³-hybridized carbons (Fsp3) is 0.240. The van der Waals surface area contributed by atoms with E-state index in [0.29, 0.717) is 18.6 Å². The molecule has 4 aromatic rings. The molecule has 1 amide bonds. The maximum absolute atomic E-state index is 13.0. The number of nitrogens with zero attached hydrogens (tertiary/aromatic N) is 4. The molecule has 0 aliphatic rings. The van der Waals surface area contributed by atoms with Gasteiger partial charge in [-0.05, 0) is 57.0 Å². The first kappa shape index (κ1) is 20.6. The van der Waals surface area contributed by atoms with Gasteiger partial charge in [0, 0.05) is 30.9 Å². The van der Waals surface area contributed by atoms with E-state index in [-0.39, 0.29) is 5.91 Å². The molecule has 0 spiro atoms. The summed E-state index contributed by atoms with van der Waals surface area (Å²) in [5.74, 6) is 1.39. The van der Waals surface area contributed by atoms with Gasteiger partial charge in [-0.1, -0.05) is 30.3 Å². The fourth-order valence-corrected chi connectivity index (χ4v) is 3.77. The minimum Gasteiger partial charge on any atom is -0.455 e. The van der Waals surface area contributed by atoms with Gasteiger partial charge in [0.15, 0.2) is 11.4 Å². The van der Waals surface area contributed by atoms with Gasteiger partial charge < -0.3 is 9.64 Å². The molecule has 0 N–H and O–H groups in total. The lowest BCUT2D eigenvalue weighted by atomic mass is 10.1. The van der Waals surface area contributed by atoms with Crippen molar-refractivity contribution in [3.05, 3.63) is 83.3 Å². The van der Waals surface area contributed by atoms with Gasteiger partial charge in [-0.3, -0.25) is 4.79 Å². The second-order valence-corrected chi connectivity index (χ2v) is 7.65. The van der Waals surface area contributed by atoms with Crippen LogP contribution >= 0.6 is 0 Å². The minimum absolute atomic E-state index is 0.0136. The molecule has 0 atom stereocenters. The molecular weight excluding hydrogens is 388 g/mol. The molecule has 4 rings (SSSR count). The predicted molar refractivity (Wildman–Crippen MR) is 122 cm³/mol. The molecule has 31 heavy (non-hydrogen) atoms. The second kappa shape index (κ2) is 8.60. The summed E-state index contributed by atoms with van der Waals surface area (Å²) in [4.78, 5) is 19.4. The van der Waals surface area contributed by atoms with Crippen molar-refractivity contribution < 1.29 is 9.53 Å². The van der Waals surface area contributed by atoms with Gasteiger partial charge in [0.25, 0.3) is 0 Å². The molecule has 0 saturated carbocycles. The first-order valence-corrected chi connectivity index (χ1v) is 10.3. The molecular formula is C25H26N4O2. The van der Waals surface area contributed by atoms with Crippen molar-refractivity contribution in [3.63, 3.8) is 0 Å². The van der Waals surface area contributed by atoms with Gasteiger partial charge >= 0.3 is 0 Å². The summed E-state index contributed by atoms with van der Waals surface area (Å²) in [6.45, 7) is 5.97. The zero-order valence-corrected chi connectivity index (χ0v) is 18.3. The number of rotatable bonds is 6. The number of fused-ring (bicyclic) bond motifs is 1. The van der Waals surface area contributed by atoms with Crippen LogP contribution in [0.2, 0.25) is 0 Å². The zero-order chi connectivity index (χ0) is 22.0. The van der Waals surface area contributed by atoms with E-state index in [1.54, 1.807) is 11.9 Å². The molecule has 0 radical (unpaired) electrons. The zero-order valence-electron chi connectivity index (χ0n) is 18.3. The van der Waals surface area contributed by atoms with E-state index in [9.17, 15) is 4.79 Å². The summed E-state index contributed by atoms with van der Waals surface area (Å²) < 4.78 is 7.87. The number of aryl methyl sites for hydroxylation is 3. The summed E-state index contributed by atoms with van der Waals surface area (Å²) in [7, 11) is 1.79. The summed E-state index contributed by atoms with van der Waals surface area (Å²) in [5, 5.41) is 4.52. The molecule has 2 aromatic carbocycles. The standard InChI is InChI=1S/C25H26N4O2/c1-17-16-24-26-18(2)21(19(3)29(24)27-17)14-15-25(30)28(4)22-12-8-9-13-23(22)31-20-10-6-5-7-11-20/h5-13,16H,14-15H2,1-4H3. The molecule has 6 heteroatoms. The molecule has 2 aromatic heterocycles. The molecule has 158 valence electrons. The van der Waals surface area contributed by atoms with Crippen molar-refractivity contribution in [2.24, 2.45) is 0 Å². The van der Waals surface area contributed by atoms with E-state index < -0.39 is 0 Å². The van der Waals surface area contributed by atoms with Crippen molar-refractivity contribution in [1.29, 1.82) is 0 Å². The van der Waals surface area contributed by atoms with Gasteiger partial charge in [0.2, 0.25) is 5.91 Å². The summed E-state index contributed by atoms with van der Waals surface area (Å²) >= 11 is 0. The van der Waals surface area contributed by atoms with Crippen molar-refractivity contribution in [2.45, 2.75) is 33.6 Å². The first-order valence-electron chi connectivity index (χ1n) is 10.3. The van der Waals surface area contributed by atoms with Crippen LogP contribution in [-0.4, -0.2) is 27.6 Å². The third kappa shape index (κ3) is 4.28. The first-order chi connectivity index (χ1) is 14.9. The van der Waals surface area contributed by atoms with Crippen molar-refractivity contribution in [2.75, 3.05) is 11.9 Å². The summed E-state index contributed by atoms with van der Waals surface area (Å²) in [5.41, 5.74) is 5.53. The highest BCUT2D eigenvalue weighted by molar-refractivity contribution is 5.94.